The van der Waals surface area contributed by atoms with Crippen LogP contribution in [-0.4, -0.2) is 45.5 Å². The number of phenols is 1. The molecule has 2 aromatic carbocycles. The van der Waals surface area contributed by atoms with E-state index in [9.17, 15) is 28.5 Å². The van der Waals surface area contributed by atoms with Gasteiger partial charge in [0.1, 0.15) is 5.75 Å². The van der Waals surface area contributed by atoms with Gasteiger partial charge in [0.2, 0.25) is 0 Å². The van der Waals surface area contributed by atoms with Gasteiger partial charge < -0.3 is 15.3 Å². The minimum absolute atomic E-state index is 0.0257. The molecule has 1 heterocycles. The maximum Gasteiger partial charge on any atom is 0.419 e. The molecule has 146 valence electrons. The van der Waals surface area contributed by atoms with Crippen LogP contribution in [0.15, 0.2) is 42.5 Å². The van der Waals surface area contributed by atoms with E-state index in [4.69, 9.17) is 11.6 Å². The van der Waals surface area contributed by atoms with Crippen LogP contribution < -0.4 is 0 Å². The van der Waals surface area contributed by atoms with E-state index in [1.807, 2.05) is 0 Å². The number of aliphatic hydroxyl groups is 2. The predicted octanol–water partition coefficient (Wildman–Crippen LogP) is 3.39. The fourth-order valence-corrected chi connectivity index (χ4v) is 3.69. The molecule has 2 aromatic rings. The minimum Gasteiger partial charge on any atom is -0.507 e. The summed E-state index contributed by atoms with van der Waals surface area (Å²) >= 11 is 5.88. The van der Waals surface area contributed by atoms with Crippen LogP contribution in [0, 0.1) is 0 Å². The zero-order valence-electron chi connectivity index (χ0n) is 14.2. The largest absolute Gasteiger partial charge is 0.507 e. The lowest BCUT2D eigenvalue weighted by Crippen LogP contribution is -2.38. The Kier molecular flexibility index (Phi) is 5.67. The molecule has 0 radical (unpaired) electrons. The number of likely N-dealkylation sites (tertiary alicyclic amines) is 1. The Morgan fingerprint density at radius 3 is 2.37 bits per heavy atom. The van der Waals surface area contributed by atoms with E-state index >= 15 is 0 Å². The van der Waals surface area contributed by atoms with E-state index in [1.165, 1.54) is 12.1 Å². The van der Waals surface area contributed by atoms with Crippen LogP contribution in [0.25, 0.3) is 0 Å². The molecule has 1 aliphatic heterocycles. The molecule has 8 heteroatoms. The number of hydrogen-bond donors (Lipinski definition) is 3. The first kappa shape index (κ1) is 19.9. The van der Waals surface area contributed by atoms with Gasteiger partial charge in [0.15, 0.2) is 0 Å². The zero-order chi connectivity index (χ0) is 19.8. The van der Waals surface area contributed by atoms with Crippen LogP contribution >= 0.6 is 11.6 Å². The van der Waals surface area contributed by atoms with E-state index < -0.39 is 29.6 Å². The van der Waals surface area contributed by atoms with Gasteiger partial charge in [0.05, 0.1) is 24.3 Å². The van der Waals surface area contributed by atoms with Gasteiger partial charge in [-0.2, -0.15) is 13.2 Å². The third kappa shape index (κ3) is 4.06. The van der Waals surface area contributed by atoms with Gasteiger partial charge in [0.25, 0.3) is 0 Å². The van der Waals surface area contributed by atoms with E-state index in [-0.39, 0.29) is 24.6 Å². The second kappa shape index (κ2) is 7.67. The maximum absolute atomic E-state index is 13.0. The third-order valence-corrected chi connectivity index (χ3v) is 5.24. The molecule has 1 saturated heterocycles. The number of alkyl halides is 3. The molecule has 4 nitrogen and oxygen atoms in total. The van der Waals surface area contributed by atoms with Gasteiger partial charge in [-0.3, -0.25) is 4.90 Å². The van der Waals surface area contributed by atoms with Gasteiger partial charge >= 0.3 is 6.18 Å². The summed E-state index contributed by atoms with van der Waals surface area (Å²) in [6, 6.07) is 9.73. The van der Waals surface area contributed by atoms with Gasteiger partial charge in [-0.15, -0.1) is 0 Å². The van der Waals surface area contributed by atoms with Crippen molar-refractivity contribution < 1.29 is 28.5 Å². The summed E-state index contributed by atoms with van der Waals surface area (Å²) in [5.41, 5.74) is -0.192. The van der Waals surface area contributed by atoms with Crippen LogP contribution in [0.3, 0.4) is 0 Å². The maximum atomic E-state index is 13.0. The summed E-state index contributed by atoms with van der Waals surface area (Å²) in [6.45, 7) is -0.0587. The van der Waals surface area contributed by atoms with Crippen LogP contribution in [-0.2, 0) is 12.7 Å². The zero-order valence-corrected chi connectivity index (χ0v) is 15.0. The third-order valence-electron chi connectivity index (χ3n) is 4.99. The number of hydrogen-bond acceptors (Lipinski definition) is 4. The Labute approximate surface area is 159 Å². The highest BCUT2D eigenvalue weighted by molar-refractivity contribution is 6.30. The smallest absolute Gasteiger partial charge is 0.419 e. The van der Waals surface area contributed by atoms with Crippen LogP contribution in [0.1, 0.15) is 22.6 Å². The van der Waals surface area contributed by atoms with Crippen molar-refractivity contribution in [1.29, 1.82) is 0 Å². The highest BCUT2D eigenvalue weighted by Crippen LogP contribution is 2.39. The average molecular weight is 402 g/mol. The molecule has 0 unspecified atom stereocenters. The Hall–Kier alpha value is -1.80. The Morgan fingerprint density at radius 2 is 1.78 bits per heavy atom. The summed E-state index contributed by atoms with van der Waals surface area (Å²) in [5, 5.41) is 30.9. The quantitative estimate of drug-likeness (QED) is 0.735. The van der Waals surface area contributed by atoms with Crippen molar-refractivity contribution >= 4 is 11.6 Å². The van der Waals surface area contributed by atoms with Gasteiger partial charge in [-0.1, -0.05) is 35.9 Å². The van der Waals surface area contributed by atoms with Crippen molar-refractivity contribution in [3.63, 3.8) is 0 Å². The Morgan fingerprint density at radius 1 is 1.11 bits per heavy atom. The summed E-state index contributed by atoms with van der Waals surface area (Å²) in [7, 11) is 0. The fraction of sp³-hybridized carbons (Fsp3) is 0.368. The molecular weight excluding hydrogens is 383 g/mol. The van der Waals surface area contributed by atoms with Gasteiger partial charge in [-0.05, 0) is 23.8 Å². The number of rotatable bonds is 4. The molecule has 27 heavy (non-hydrogen) atoms. The summed E-state index contributed by atoms with van der Waals surface area (Å²) in [5.74, 6) is -1.15. The van der Waals surface area contributed by atoms with E-state index in [0.29, 0.717) is 11.6 Å². The van der Waals surface area contributed by atoms with Gasteiger partial charge in [-0.25, -0.2) is 0 Å². The molecule has 3 atom stereocenters. The number of nitrogens with zero attached hydrogens (tertiary/aromatic N) is 1. The van der Waals surface area contributed by atoms with E-state index in [2.05, 4.69) is 0 Å². The first-order chi connectivity index (χ1) is 12.7. The molecule has 3 N–H and O–H groups in total. The van der Waals surface area contributed by atoms with Crippen LogP contribution in [0.2, 0.25) is 5.02 Å². The van der Waals surface area contributed by atoms with Crippen molar-refractivity contribution in [1.82, 2.24) is 4.90 Å². The number of phenolic OH excluding ortho intramolecular Hbond substituents is 1. The first-order valence-corrected chi connectivity index (χ1v) is 8.76. The lowest BCUT2D eigenvalue weighted by molar-refractivity contribution is -0.138. The SMILES string of the molecule is OC[C@@H]1[C@H](O)[C@@H](c2ccc(Cl)cc2)CN1Cc1cccc(C(F)(F)F)c1O. The normalized spacial score (nSPS) is 23.7. The number of para-hydroxylation sites is 1. The number of halogens is 4. The summed E-state index contributed by atoms with van der Waals surface area (Å²) in [6.07, 6.45) is -5.56. The molecule has 1 fully saturated rings. The molecule has 0 aliphatic carbocycles. The molecule has 0 aromatic heterocycles. The van der Waals surface area contributed by atoms with Crippen LogP contribution in [0.4, 0.5) is 13.2 Å². The van der Waals surface area contributed by atoms with Gasteiger partial charge in [0, 0.05) is 29.6 Å². The standard InChI is InChI=1S/C19H19ClF3NO3/c20-13-6-4-11(5-7-13)14-9-24(16(10-25)18(14)27)8-12-2-1-3-15(17(12)26)19(21,22)23/h1-7,14,16,18,25-27H,8-10H2/t14-,16-,18-/m1/s1. The lowest BCUT2D eigenvalue weighted by atomic mass is 9.94. The second-order valence-electron chi connectivity index (χ2n) is 6.64. The Balaban J connectivity index is 1.86. The number of benzene rings is 2. The average Bonchev–Trinajstić information content (AvgIpc) is 2.92. The molecule has 3 rings (SSSR count). The monoisotopic (exact) mass is 401 g/mol. The molecule has 0 amide bonds. The molecule has 0 spiro atoms. The van der Waals surface area contributed by atoms with Crippen molar-refractivity contribution in [2.45, 2.75) is 30.8 Å². The second-order valence-corrected chi connectivity index (χ2v) is 7.08. The molecular formula is C19H19ClF3NO3. The molecule has 0 bridgehead atoms. The fourth-order valence-electron chi connectivity index (χ4n) is 3.56. The minimum atomic E-state index is -4.66. The van der Waals surface area contributed by atoms with Crippen LogP contribution in [0.5, 0.6) is 5.75 Å². The molecule has 0 saturated carbocycles. The first-order valence-electron chi connectivity index (χ1n) is 8.39. The predicted molar refractivity (Wildman–Crippen MR) is 94.6 cm³/mol. The summed E-state index contributed by atoms with van der Waals surface area (Å²) in [4.78, 5) is 1.68. The highest BCUT2D eigenvalue weighted by Gasteiger charge is 2.42. The Bertz CT molecular complexity index is 798. The summed E-state index contributed by atoms with van der Waals surface area (Å²) < 4.78 is 39.0. The van der Waals surface area contributed by atoms with Crippen molar-refractivity contribution in [3.05, 3.63) is 64.2 Å². The number of aliphatic hydroxyl groups excluding tert-OH is 2. The number of aromatic hydroxyl groups is 1. The van der Waals surface area contributed by atoms with E-state index in [1.54, 1.807) is 29.2 Å². The highest BCUT2D eigenvalue weighted by atomic mass is 35.5. The topological polar surface area (TPSA) is 63.9 Å². The van der Waals surface area contributed by atoms with Crippen molar-refractivity contribution in [3.8, 4) is 5.75 Å². The lowest BCUT2D eigenvalue weighted by Gasteiger charge is -2.25. The van der Waals surface area contributed by atoms with Crippen molar-refractivity contribution in [2.75, 3.05) is 13.2 Å². The van der Waals surface area contributed by atoms with E-state index in [0.717, 1.165) is 11.6 Å². The molecule has 1 aliphatic rings. The van der Waals surface area contributed by atoms with Crippen molar-refractivity contribution in [2.24, 2.45) is 0 Å².